The normalized spacial score (nSPS) is 19.2. The van der Waals surface area contributed by atoms with Crippen molar-refractivity contribution >= 4 is 24.0 Å². The minimum absolute atomic E-state index is 0. The molecule has 0 aromatic heterocycles. The number of piperazine rings is 1. The molecule has 1 atom stereocenters. The van der Waals surface area contributed by atoms with Crippen LogP contribution >= 0.6 is 12.4 Å². The lowest BCUT2D eigenvalue weighted by atomic mass is 10.2. The van der Waals surface area contributed by atoms with Gasteiger partial charge in [-0.1, -0.05) is 18.2 Å². The van der Waals surface area contributed by atoms with Crippen LogP contribution in [0.25, 0.3) is 0 Å². The molecule has 1 aromatic rings. The number of hydrogen-bond donors (Lipinski definition) is 1. The fourth-order valence-corrected chi connectivity index (χ4v) is 2.49. The molecular formula is C15H24ClN3O. The molecule has 0 unspecified atom stereocenters. The molecule has 1 amide bonds. The van der Waals surface area contributed by atoms with Crippen LogP contribution in [0.2, 0.25) is 0 Å². The maximum Gasteiger partial charge on any atom is 0.241 e. The fraction of sp³-hybridized carbons (Fsp3) is 0.533. The van der Waals surface area contributed by atoms with Gasteiger partial charge in [0.1, 0.15) is 0 Å². The predicted octanol–water partition coefficient (Wildman–Crippen LogP) is 1.75. The van der Waals surface area contributed by atoms with E-state index in [0.29, 0.717) is 19.1 Å². The molecular weight excluding hydrogens is 274 g/mol. The molecule has 1 aromatic carbocycles. The first-order valence-electron chi connectivity index (χ1n) is 7.02. The molecule has 0 spiro atoms. The van der Waals surface area contributed by atoms with Crippen molar-refractivity contribution < 1.29 is 4.79 Å². The van der Waals surface area contributed by atoms with Gasteiger partial charge in [-0.05, 0) is 26.0 Å². The smallest absolute Gasteiger partial charge is 0.241 e. The Labute approximate surface area is 127 Å². The van der Waals surface area contributed by atoms with Crippen LogP contribution in [0.5, 0.6) is 0 Å². The summed E-state index contributed by atoms with van der Waals surface area (Å²) in [5.41, 5.74) is 0.984. The number of likely N-dealkylation sites (N-methyl/N-ethyl adjacent to an activating group) is 1. The number of para-hydroxylation sites is 1. The highest BCUT2D eigenvalue weighted by atomic mass is 35.5. The van der Waals surface area contributed by atoms with Crippen molar-refractivity contribution in [2.45, 2.75) is 19.9 Å². The van der Waals surface area contributed by atoms with E-state index in [2.05, 4.69) is 17.1 Å². The van der Waals surface area contributed by atoms with E-state index in [9.17, 15) is 4.79 Å². The molecule has 1 N–H and O–H groups in total. The lowest BCUT2D eigenvalue weighted by molar-refractivity contribution is -0.120. The molecule has 1 aliphatic rings. The van der Waals surface area contributed by atoms with Crippen LogP contribution in [-0.4, -0.2) is 49.6 Å². The molecule has 1 saturated heterocycles. The Morgan fingerprint density at radius 3 is 2.70 bits per heavy atom. The SMILES string of the molecule is CCN(C(=O)CN1CCNC[C@H]1C)c1ccccc1.Cl. The monoisotopic (exact) mass is 297 g/mol. The fourth-order valence-electron chi connectivity index (χ4n) is 2.49. The van der Waals surface area contributed by atoms with Gasteiger partial charge in [-0.3, -0.25) is 9.69 Å². The summed E-state index contributed by atoms with van der Waals surface area (Å²) in [5, 5.41) is 3.35. The van der Waals surface area contributed by atoms with Crippen molar-refractivity contribution in [1.82, 2.24) is 10.2 Å². The Bertz CT molecular complexity index is 413. The lowest BCUT2D eigenvalue weighted by Crippen LogP contribution is -2.53. The number of benzene rings is 1. The molecule has 0 radical (unpaired) electrons. The quantitative estimate of drug-likeness (QED) is 0.920. The maximum absolute atomic E-state index is 12.5. The number of hydrogen-bond acceptors (Lipinski definition) is 3. The van der Waals surface area contributed by atoms with Gasteiger partial charge >= 0.3 is 0 Å². The van der Waals surface area contributed by atoms with Crippen LogP contribution in [-0.2, 0) is 4.79 Å². The van der Waals surface area contributed by atoms with Gasteiger partial charge in [0.2, 0.25) is 5.91 Å². The molecule has 1 heterocycles. The van der Waals surface area contributed by atoms with Gasteiger partial charge < -0.3 is 10.2 Å². The maximum atomic E-state index is 12.5. The zero-order valence-electron chi connectivity index (χ0n) is 12.2. The second-order valence-corrected chi connectivity index (χ2v) is 5.00. The van der Waals surface area contributed by atoms with Gasteiger partial charge in [-0.25, -0.2) is 0 Å². The van der Waals surface area contributed by atoms with Crippen LogP contribution in [0, 0.1) is 0 Å². The molecule has 0 saturated carbocycles. The van der Waals surface area contributed by atoms with Gasteiger partial charge in [0.25, 0.3) is 0 Å². The Hall–Kier alpha value is -1.10. The molecule has 20 heavy (non-hydrogen) atoms. The molecule has 2 rings (SSSR count). The molecule has 0 aliphatic carbocycles. The van der Waals surface area contributed by atoms with Crippen LogP contribution in [0.15, 0.2) is 30.3 Å². The summed E-state index contributed by atoms with van der Waals surface area (Å²) in [6, 6.07) is 10.3. The van der Waals surface area contributed by atoms with Gasteiger partial charge in [0, 0.05) is 37.9 Å². The standard InChI is InChI=1S/C15H23N3O.ClH/c1-3-18(14-7-5-4-6-8-14)15(19)12-17-10-9-16-11-13(17)2;/h4-8,13,16H,3,9-12H2,1-2H3;1H/t13-;/m1./s1. The Kier molecular flexibility index (Phi) is 6.99. The van der Waals surface area contributed by atoms with Crippen LogP contribution < -0.4 is 10.2 Å². The molecule has 0 bridgehead atoms. The van der Waals surface area contributed by atoms with Gasteiger partial charge in [-0.15, -0.1) is 12.4 Å². The van der Waals surface area contributed by atoms with E-state index >= 15 is 0 Å². The van der Waals surface area contributed by atoms with Gasteiger partial charge in [0.05, 0.1) is 6.54 Å². The number of nitrogens with one attached hydrogen (secondary N) is 1. The summed E-state index contributed by atoms with van der Waals surface area (Å²) < 4.78 is 0. The van der Waals surface area contributed by atoms with Crippen molar-refractivity contribution in [3.05, 3.63) is 30.3 Å². The number of rotatable bonds is 4. The first-order valence-corrected chi connectivity index (χ1v) is 7.02. The van der Waals surface area contributed by atoms with E-state index in [1.54, 1.807) is 0 Å². The van der Waals surface area contributed by atoms with Crippen molar-refractivity contribution in [3.63, 3.8) is 0 Å². The third kappa shape index (κ3) is 4.20. The molecule has 112 valence electrons. The highest BCUT2D eigenvalue weighted by Gasteiger charge is 2.23. The number of nitrogens with zero attached hydrogens (tertiary/aromatic N) is 2. The van der Waals surface area contributed by atoms with Crippen LogP contribution in [0.3, 0.4) is 0 Å². The summed E-state index contributed by atoms with van der Waals surface area (Å²) in [7, 11) is 0. The first-order chi connectivity index (χ1) is 9.22. The summed E-state index contributed by atoms with van der Waals surface area (Å²) in [4.78, 5) is 16.6. The number of halogens is 1. The Morgan fingerprint density at radius 2 is 2.10 bits per heavy atom. The molecule has 5 heteroatoms. The summed E-state index contributed by atoms with van der Waals surface area (Å²) >= 11 is 0. The van der Waals surface area contributed by atoms with E-state index < -0.39 is 0 Å². The highest BCUT2D eigenvalue weighted by Crippen LogP contribution is 2.14. The summed E-state index contributed by atoms with van der Waals surface area (Å²) in [6.45, 7) is 8.28. The number of amides is 1. The van der Waals surface area contributed by atoms with E-state index in [1.807, 2.05) is 42.2 Å². The van der Waals surface area contributed by atoms with E-state index in [1.165, 1.54) is 0 Å². The molecule has 4 nitrogen and oxygen atoms in total. The Balaban J connectivity index is 0.00000200. The Morgan fingerprint density at radius 1 is 1.40 bits per heavy atom. The van der Waals surface area contributed by atoms with Crippen LogP contribution in [0.4, 0.5) is 5.69 Å². The number of carbonyl (C=O) groups is 1. The van der Waals surface area contributed by atoms with Gasteiger partial charge in [-0.2, -0.15) is 0 Å². The van der Waals surface area contributed by atoms with Crippen LogP contribution in [0.1, 0.15) is 13.8 Å². The average Bonchev–Trinajstić information content (AvgIpc) is 2.43. The third-order valence-electron chi connectivity index (χ3n) is 3.66. The first kappa shape index (κ1) is 17.0. The number of anilines is 1. The molecule has 1 fully saturated rings. The highest BCUT2D eigenvalue weighted by molar-refractivity contribution is 5.94. The van der Waals surface area contributed by atoms with E-state index in [0.717, 1.165) is 25.3 Å². The van der Waals surface area contributed by atoms with Crippen molar-refractivity contribution in [2.75, 3.05) is 37.6 Å². The lowest BCUT2D eigenvalue weighted by Gasteiger charge is -2.34. The van der Waals surface area contributed by atoms with Crippen molar-refractivity contribution in [2.24, 2.45) is 0 Å². The third-order valence-corrected chi connectivity index (χ3v) is 3.66. The topological polar surface area (TPSA) is 35.6 Å². The minimum Gasteiger partial charge on any atom is -0.314 e. The minimum atomic E-state index is 0. The van der Waals surface area contributed by atoms with Crippen molar-refractivity contribution in [1.29, 1.82) is 0 Å². The van der Waals surface area contributed by atoms with E-state index in [-0.39, 0.29) is 18.3 Å². The second-order valence-electron chi connectivity index (χ2n) is 5.00. The largest absolute Gasteiger partial charge is 0.314 e. The van der Waals surface area contributed by atoms with Crippen molar-refractivity contribution in [3.8, 4) is 0 Å². The second kappa shape index (κ2) is 8.25. The number of carbonyl (C=O) groups excluding carboxylic acids is 1. The zero-order valence-corrected chi connectivity index (χ0v) is 13.0. The zero-order chi connectivity index (χ0) is 13.7. The van der Waals surface area contributed by atoms with Gasteiger partial charge in [0.15, 0.2) is 0 Å². The van der Waals surface area contributed by atoms with E-state index in [4.69, 9.17) is 0 Å². The summed E-state index contributed by atoms with van der Waals surface area (Å²) in [5.74, 6) is 0.183. The summed E-state index contributed by atoms with van der Waals surface area (Å²) in [6.07, 6.45) is 0. The predicted molar refractivity (Wildman–Crippen MR) is 85.6 cm³/mol. The average molecular weight is 298 g/mol. The molecule has 1 aliphatic heterocycles.